The lowest BCUT2D eigenvalue weighted by Crippen LogP contribution is -2.06. The van der Waals surface area contributed by atoms with Gasteiger partial charge in [-0.2, -0.15) is 4.98 Å². The first-order valence-electron chi connectivity index (χ1n) is 6.90. The van der Waals surface area contributed by atoms with Crippen molar-refractivity contribution in [1.82, 2.24) is 9.97 Å². The molecule has 0 amide bonds. The molecule has 2 aromatic rings. The van der Waals surface area contributed by atoms with Crippen molar-refractivity contribution in [2.24, 2.45) is 0 Å². The third kappa shape index (κ3) is 3.20. The normalized spacial score (nSPS) is 14.1. The monoisotopic (exact) mass is 288 g/mol. The Morgan fingerprint density at radius 3 is 2.80 bits per heavy atom. The minimum Gasteiger partial charge on any atom is -0.354 e. The average molecular weight is 289 g/mol. The number of anilines is 3. The zero-order valence-corrected chi connectivity index (χ0v) is 12.1. The van der Waals surface area contributed by atoms with Crippen molar-refractivity contribution in [1.29, 1.82) is 0 Å². The van der Waals surface area contributed by atoms with Crippen LogP contribution in [0.2, 0.25) is 5.02 Å². The van der Waals surface area contributed by atoms with Crippen LogP contribution in [0.3, 0.4) is 0 Å². The topological polar surface area (TPSA) is 49.8 Å². The number of aromatic nitrogens is 2. The highest BCUT2D eigenvalue weighted by Crippen LogP contribution is 2.40. The van der Waals surface area contributed by atoms with Crippen LogP contribution in [0.1, 0.15) is 31.4 Å². The van der Waals surface area contributed by atoms with Gasteiger partial charge in [0.1, 0.15) is 5.82 Å². The van der Waals surface area contributed by atoms with Crippen LogP contribution in [-0.4, -0.2) is 16.5 Å². The van der Waals surface area contributed by atoms with Crippen molar-refractivity contribution >= 4 is 29.1 Å². The van der Waals surface area contributed by atoms with Crippen molar-refractivity contribution in [2.45, 2.75) is 25.7 Å². The predicted molar refractivity (Wildman–Crippen MR) is 82.9 cm³/mol. The second-order valence-electron chi connectivity index (χ2n) is 4.94. The molecule has 1 aliphatic carbocycles. The number of hydrogen-bond donors (Lipinski definition) is 2. The molecule has 20 heavy (non-hydrogen) atoms. The Morgan fingerprint density at radius 1 is 1.25 bits per heavy atom. The smallest absolute Gasteiger partial charge is 0.224 e. The molecular formula is C15H17ClN4. The Hall–Kier alpha value is -1.81. The molecule has 0 bridgehead atoms. The Kier molecular flexibility index (Phi) is 3.74. The number of nitrogens with one attached hydrogen (secondary N) is 2. The summed E-state index contributed by atoms with van der Waals surface area (Å²) in [6.45, 7) is 2.85. The summed E-state index contributed by atoms with van der Waals surface area (Å²) in [5.41, 5.74) is 2.04. The molecule has 1 aromatic heterocycles. The van der Waals surface area contributed by atoms with E-state index in [4.69, 9.17) is 11.6 Å². The van der Waals surface area contributed by atoms with Gasteiger partial charge in [-0.3, -0.25) is 0 Å². The Balaban J connectivity index is 1.87. The maximum absolute atomic E-state index is 6.00. The second-order valence-corrected chi connectivity index (χ2v) is 5.38. The fourth-order valence-electron chi connectivity index (χ4n) is 2.07. The first-order chi connectivity index (χ1) is 9.74. The molecule has 1 aromatic carbocycles. The number of hydrogen-bond acceptors (Lipinski definition) is 4. The van der Waals surface area contributed by atoms with E-state index >= 15 is 0 Å². The number of benzene rings is 1. The van der Waals surface area contributed by atoms with Gasteiger partial charge in [0.05, 0.1) is 5.69 Å². The lowest BCUT2D eigenvalue weighted by atomic mass is 10.2. The zero-order valence-electron chi connectivity index (χ0n) is 11.4. The molecule has 1 aliphatic rings. The van der Waals surface area contributed by atoms with E-state index in [1.807, 2.05) is 37.3 Å². The molecule has 1 heterocycles. The quantitative estimate of drug-likeness (QED) is 0.866. The van der Waals surface area contributed by atoms with Crippen LogP contribution in [-0.2, 0) is 0 Å². The van der Waals surface area contributed by atoms with Gasteiger partial charge in [-0.25, -0.2) is 4.98 Å². The molecule has 0 unspecified atom stereocenters. The van der Waals surface area contributed by atoms with Crippen LogP contribution < -0.4 is 10.6 Å². The SMILES string of the molecule is CCNc1nc(Nc2cccc(Cl)c2)cc(C2CC2)n1. The number of rotatable bonds is 5. The Morgan fingerprint density at radius 2 is 2.10 bits per heavy atom. The summed E-state index contributed by atoms with van der Waals surface area (Å²) < 4.78 is 0. The summed E-state index contributed by atoms with van der Waals surface area (Å²) in [6.07, 6.45) is 2.44. The van der Waals surface area contributed by atoms with Gasteiger partial charge in [-0.1, -0.05) is 17.7 Å². The lowest BCUT2D eigenvalue weighted by Gasteiger charge is -2.10. The zero-order chi connectivity index (χ0) is 13.9. The molecule has 0 radical (unpaired) electrons. The summed E-state index contributed by atoms with van der Waals surface area (Å²) >= 11 is 6.00. The van der Waals surface area contributed by atoms with E-state index in [0.29, 0.717) is 16.9 Å². The summed E-state index contributed by atoms with van der Waals surface area (Å²) in [6, 6.07) is 9.65. The van der Waals surface area contributed by atoms with E-state index in [9.17, 15) is 0 Å². The van der Waals surface area contributed by atoms with Gasteiger partial charge >= 0.3 is 0 Å². The van der Waals surface area contributed by atoms with Gasteiger partial charge in [0.15, 0.2) is 0 Å². The summed E-state index contributed by atoms with van der Waals surface area (Å²) in [5.74, 6) is 2.08. The highest BCUT2D eigenvalue weighted by Gasteiger charge is 2.26. The van der Waals surface area contributed by atoms with E-state index in [-0.39, 0.29) is 0 Å². The van der Waals surface area contributed by atoms with E-state index in [1.165, 1.54) is 12.8 Å². The fraction of sp³-hybridized carbons (Fsp3) is 0.333. The van der Waals surface area contributed by atoms with Gasteiger partial charge in [0.25, 0.3) is 0 Å². The van der Waals surface area contributed by atoms with Crippen molar-refractivity contribution in [2.75, 3.05) is 17.2 Å². The average Bonchev–Trinajstić information content (AvgIpc) is 3.23. The van der Waals surface area contributed by atoms with Crippen LogP contribution in [0.4, 0.5) is 17.5 Å². The van der Waals surface area contributed by atoms with Gasteiger partial charge < -0.3 is 10.6 Å². The third-order valence-corrected chi connectivity index (χ3v) is 3.41. The highest BCUT2D eigenvalue weighted by atomic mass is 35.5. The standard InChI is InChI=1S/C15H17ClN4/c1-2-17-15-19-13(10-6-7-10)9-14(20-15)18-12-5-3-4-11(16)8-12/h3-5,8-10H,2,6-7H2,1H3,(H2,17,18,19,20). The van der Waals surface area contributed by atoms with Gasteiger partial charge in [-0.05, 0) is 38.0 Å². The van der Waals surface area contributed by atoms with Crippen LogP contribution in [0, 0.1) is 0 Å². The maximum atomic E-state index is 6.00. The van der Waals surface area contributed by atoms with Crippen LogP contribution >= 0.6 is 11.6 Å². The van der Waals surface area contributed by atoms with Crippen LogP contribution in [0.25, 0.3) is 0 Å². The van der Waals surface area contributed by atoms with E-state index < -0.39 is 0 Å². The van der Waals surface area contributed by atoms with E-state index in [2.05, 4.69) is 20.6 Å². The summed E-state index contributed by atoms with van der Waals surface area (Å²) in [5, 5.41) is 7.18. The van der Waals surface area contributed by atoms with Crippen molar-refractivity contribution < 1.29 is 0 Å². The van der Waals surface area contributed by atoms with E-state index in [0.717, 1.165) is 23.7 Å². The first kappa shape index (κ1) is 13.2. The summed E-state index contributed by atoms with van der Waals surface area (Å²) in [7, 11) is 0. The van der Waals surface area contributed by atoms with Crippen molar-refractivity contribution in [3.63, 3.8) is 0 Å². The molecule has 0 atom stereocenters. The van der Waals surface area contributed by atoms with Crippen LogP contribution in [0.15, 0.2) is 30.3 Å². The highest BCUT2D eigenvalue weighted by molar-refractivity contribution is 6.30. The van der Waals surface area contributed by atoms with Gasteiger partial charge in [0, 0.05) is 29.2 Å². The molecule has 1 saturated carbocycles. The first-order valence-corrected chi connectivity index (χ1v) is 7.28. The molecule has 1 fully saturated rings. The Bertz CT molecular complexity index is 611. The van der Waals surface area contributed by atoms with Gasteiger partial charge in [-0.15, -0.1) is 0 Å². The molecule has 0 spiro atoms. The molecule has 2 N–H and O–H groups in total. The number of halogens is 1. The molecule has 0 aliphatic heterocycles. The molecule has 4 nitrogen and oxygen atoms in total. The largest absolute Gasteiger partial charge is 0.354 e. The fourth-order valence-corrected chi connectivity index (χ4v) is 2.26. The summed E-state index contributed by atoms with van der Waals surface area (Å²) in [4.78, 5) is 9.04. The molecule has 0 saturated heterocycles. The molecular weight excluding hydrogens is 272 g/mol. The maximum Gasteiger partial charge on any atom is 0.224 e. The van der Waals surface area contributed by atoms with Crippen LogP contribution in [0.5, 0.6) is 0 Å². The third-order valence-electron chi connectivity index (χ3n) is 3.17. The van der Waals surface area contributed by atoms with E-state index in [1.54, 1.807) is 0 Å². The molecule has 5 heteroatoms. The van der Waals surface area contributed by atoms with Crippen molar-refractivity contribution in [3.8, 4) is 0 Å². The van der Waals surface area contributed by atoms with Crippen molar-refractivity contribution in [3.05, 3.63) is 41.0 Å². The second kappa shape index (κ2) is 5.67. The lowest BCUT2D eigenvalue weighted by molar-refractivity contribution is 0.978. The number of nitrogens with zero attached hydrogens (tertiary/aromatic N) is 2. The van der Waals surface area contributed by atoms with Gasteiger partial charge in [0.2, 0.25) is 5.95 Å². The minimum atomic E-state index is 0.593. The minimum absolute atomic E-state index is 0.593. The Labute approximate surface area is 123 Å². The molecule has 3 rings (SSSR count). The molecule has 104 valence electrons. The predicted octanol–water partition coefficient (Wildman–Crippen LogP) is 4.18.